The lowest BCUT2D eigenvalue weighted by atomic mass is 10.1. The van der Waals surface area contributed by atoms with Crippen LogP contribution in [0.2, 0.25) is 0 Å². The molecule has 1 saturated heterocycles. The molecule has 0 unspecified atom stereocenters. The van der Waals surface area contributed by atoms with E-state index in [1.54, 1.807) is 11.9 Å². The van der Waals surface area contributed by atoms with Gasteiger partial charge in [-0.2, -0.15) is 0 Å². The van der Waals surface area contributed by atoms with Gasteiger partial charge in [0.1, 0.15) is 6.10 Å². The predicted molar refractivity (Wildman–Crippen MR) is 50.7 cm³/mol. The Bertz CT molecular complexity index is 167. The number of carbonyl (C=O) groups is 1. The maximum absolute atomic E-state index is 11.3. The summed E-state index contributed by atoms with van der Waals surface area (Å²) in [6.45, 7) is 4.46. The van der Waals surface area contributed by atoms with E-state index in [1.807, 2.05) is 6.92 Å². The minimum absolute atomic E-state index is 0.0650. The fraction of sp³-hybridized carbons (Fsp3) is 0.889. The van der Waals surface area contributed by atoms with Crippen molar-refractivity contribution in [3.8, 4) is 0 Å². The van der Waals surface area contributed by atoms with Gasteiger partial charge in [-0.25, -0.2) is 4.79 Å². The van der Waals surface area contributed by atoms with E-state index in [2.05, 4.69) is 5.32 Å². The van der Waals surface area contributed by atoms with Gasteiger partial charge in [-0.1, -0.05) is 0 Å². The van der Waals surface area contributed by atoms with E-state index in [-0.39, 0.29) is 12.2 Å². The predicted octanol–water partition coefficient (Wildman–Crippen LogP) is 0.827. The van der Waals surface area contributed by atoms with Gasteiger partial charge in [0.25, 0.3) is 0 Å². The Morgan fingerprint density at radius 2 is 2.46 bits per heavy atom. The lowest BCUT2D eigenvalue weighted by Gasteiger charge is -2.25. The first-order valence-corrected chi connectivity index (χ1v) is 4.86. The first kappa shape index (κ1) is 10.3. The second-order valence-corrected chi connectivity index (χ2v) is 3.37. The minimum atomic E-state index is -0.212. The van der Waals surface area contributed by atoms with Crippen LogP contribution in [-0.4, -0.2) is 43.8 Å². The van der Waals surface area contributed by atoms with Crippen LogP contribution < -0.4 is 5.32 Å². The van der Waals surface area contributed by atoms with Crippen molar-refractivity contribution in [3.63, 3.8) is 0 Å². The van der Waals surface area contributed by atoms with E-state index in [1.165, 1.54) is 0 Å². The molecule has 0 aromatic carbocycles. The molecule has 1 atom stereocenters. The standard InChI is InChI=1S/C9H18N2O2/c1-3-11(2)9(12)13-8-5-4-6-10-7-8/h8,10H,3-7H2,1-2H3/t8-/m0/s1. The molecule has 1 fully saturated rings. The van der Waals surface area contributed by atoms with Crippen LogP contribution in [0.15, 0.2) is 0 Å². The molecule has 4 heteroatoms. The first-order chi connectivity index (χ1) is 6.24. The summed E-state index contributed by atoms with van der Waals surface area (Å²) in [6.07, 6.45) is 1.93. The number of nitrogens with zero attached hydrogens (tertiary/aromatic N) is 1. The molecule has 1 rings (SSSR count). The third-order valence-corrected chi connectivity index (χ3v) is 2.31. The number of nitrogens with one attached hydrogen (secondary N) is 1. The number of rotatable bonds is 2. The molecule has 76 valence electrons. The van der Waals surface area contributed by atoms with Crippen molar-refractivity contribution >= 4 is 6.09 Å². The van der Waals surface area contributed by atoms with Crippen LogP contribution in [-0.2, 0) is 4.74 Å². The summed E-state index contributed by atoms with van der Waals surface area (Å²) in [6, 6.07) is 0. The van der Waals surface area contributed by atoms with E-state index < -0.39 is 0 Å². The lowest BCUT2D eigenvalue weighted by Crippen LogP contribution is -2.39. The normalized spacial score (nSPS) is 22.5. The van der Waals surface area contributed by atoms with Crippen LogP contribution in [0.1, 0.15) is 19.8 Å². The van der Waals surface area contributed by atoms with Crippen molar-refractivity contribution in [3.05, 3.63) is 0 Å². The molecule has 0 aromatic heterocycles. The van der Waals surface area contributed by atoms with Crippen LogP contribution in [0.4, 0.5) is 4.79 Å². The van der Waals surface area contributed by atoms with Gasteiger partial charge in [0, 0.05) is 20.1 Å². The lowest BCUT2D eigenvalue weighted by molar-refractivity contribution is 0.0584. The van der Waals surface area contributed by atoms with E-state index in [4.69, 9.17) is 4.74 Å². The molecule has 1 N–H and O–H groups in total. The number of ether oxygens (including phenoxy) is 1. The average Bonchev–Trinajstić information content (AvgIpc) is 2.18. The molecule has 1 amide bonds. The van der Waals surface area contributed by atoms with Crippen LogP contribution in [0.3, 0.4) is 0 Å². The molecule has 0 bridgehead atoms. The Hall–Kier alpha value is -0.770. The topological polar surface area (TPSA) is 41.6 Å². The molecule has 0 saturated carbocycles. The number of hydrogen-bond acceptors (Lipinski definition) is 3. The van der Waals surface area contributed by atoms with Crippen LogP contribution in [0.5, 0.6) is 0 Å². The summed E-state index contributed by atoms with van der Waals surface area (Å²) in [7, 11) is 1.75. The number of hydrogen-bond donors (Lipinski definition) is 1. The SMILES string of the molecule is CCN(C)C(=O)O[C@H]1CCCNC1. The fourth-order valence-electron chi connectivity index (χ4n) is 1.28. The van der Waals surface area contributed by atoms with E-state index >= 15 is 0 Å². The van der Waals surface area contributed by atoms with Crippen LogP contribution in [0.25, 0.3) is 0 Å². The van der Waals surface area contributed by atoms with Gasteiger partial charge in [0.05, 0.1) is 0 Å². The zero-order valence-electron chi connectivity index (χ0n) is 8.38. The zero-order valence-corrected chi connectivity index (χ0v) is 8.38. The second-order valence-electron chi connectivity index (χ2n) is 3.37. The summed E-state index contributed by atoms with van der Waals surface area (Å²) in [5, 5.41) is 3.20. The summed E-state index contributed by atoms with van der Waals surface area (Å²) < 4.78 is 5.27. The number of piperidine rings is 1. The molecule has 1 aliphatic rings. The molecule has 0 aromatic rings. The number of carbonyl (C=O) groups excluding carboxylic acids is 1. The Morgan fingerprint density at radius 3 is 3.00 bits per heavy atom. The molecule has 0 spiro atoms. The maximum Gasteiger partial charge on any atom is 0.409 e. The summed E-state index contributed by atoms with van der Waals surface area (Å²) in [5.41, 5.74) is 0. The van der Waals surface area contributed by atoms with Crippen LogP contribution in [0, 0.1) is 0 Å². The molecule has 13 heavy (non-hydrogen) atoms. The average molecular weight is 186 g/mol. The Labute approximate surface area is 79.2 Å². The van der Waals surface area contributed by atoms with Gasteiger partial charge >= 0.3 is 6.09 Å². The highest BCUT2D eigenvalue weighted by atomic mass is 16.6. The highest BCUT2D eigenvalue weighted by Gasteiger charge is 2.18. The summed E-state index contributed by atoms with van der Waals surface area (Å²) in [5.74, 6) is 0. The van der Waals surface area contributed by atoms with Crippen molar-refractivity contribution in [2.45, 2.75) is 25.9 Å². The molecular weight excluding hydrogens is 168 g/mol. The van der Waals surface area contributed by atoms with Crippen molar-refractivity contribution < 1.29 is 9.53 Å². The molecule has 0 aliphatic carbocycles. The summed E-state index contributed by atoms with van der Waals surface area (Å²) >= 11 is 0. The monoisotopic (exact) mass is 186 g/mol. The van der Waals surface area contributed by atoms with Crippen LogP contribution >= 0.6 is 0 Å². The first-order valence-electron chi connectivity index (χ1n) is 4.86. The largest absolute Gasteiger partial charge is 0.445 e. The van der Waals surface area contributed by atoms with Gasteiger partial charge in [-0.05, 0) is 26.3 Å². The van der Waals surface area contributed by atoms with E-state index in [0.717, 1.165) is 25.9 Å². The van der Waals surface area contributed by atoms with Gasteiger partial charge in [0.15, 0.2) is 0 Å². The Kier molecular flexibility index (Phi) is 4.02. The molecule has 0 radical (unpaired) electrons. The van der Waals surface area contributed by atoms with E-state index in [9.17, 15) is 4.79 Å². The Morgan fingerprint density at radius 1 is 1.69 bits per heavy atom. The van der Waals surface area contributed by atoms with Crippen molar-refractivity contribution in [2.75, 3.05) is 26.7 Å². The quantitative estimate of drug-likeness (QED) is 0.694. The second kappa shape index (κ2) is 5.07. The van der Waals surface area contributed by atoms with E-state index in [0.29, 0.717) is 6.54 Å². The maximum atomic E-state index is 11.3. The minimum Gasteiger partial charge on any atom is -0.445 e. The van der Waals surface area contributed by atoms with Crippen molar-refractivity contribution in [1.82, 2.24) is 10.2 Å². The highest BCUT2D eigenvalue weighted by molar-refractivity contribution is 5.67. The highest BCUT2D eigenvalue weighted by Crippen LogP contribution is 2.07. The van der Waals surface area contributed by atoms with Gasteiger partial charge in [0.2, 0.25) is 0 Å². The third kappa shape index (κ3) is 3.22. The molecule has 4 nitrogen and oxygen atoms in total. The zero-order chi connectivity index (χ0) is 9.68. The third-order valence-electron chi connectivity index (χ3n) is 2.31. The summed E-state index contributed by atoms with van der Waals surface area (Å²) in [4.78, 5) is 12.9. The molecular formula is C9H18N2O2. The van der Waals surface area contributed by atoms with Crippen molar-refractivity contribution in [2.24, 2.45) is 0 Å². The number of amides is 1. The van der Waals surface area contributed by atoms with Crippen molar-refractivity contribution in [1.29, 1.82) is 0 Å². The molecule has 1 aliphatic heterocycles. The molecule has 1 heterocycles. The fourth-order valence-corrected chi connectivity index (χ4v) is 1.28. The van der Waals surface area contributed by atoms with Gasteiger partial charge in [-0.15, -0.1) is 0 Å². The van der Waals surface area contributed by atoms with Gasteiger partial charge < -0.3 is 15.0 Å². The Balaban J connectivity index is 2.26. The smallest absolute Gasteiger partial charge is 0.409 e. The van der Waals surface area contributed by atoms with Gasteiger partial charge in [-0.3, -0.25) is 0 Å².